The Morgan fingerprint density at radius 1 is 1.16 bits per heavy atom. The number of hydrogen-bond acceptors (Lipinski definition) is 4. The quantitative estimate of drug-likeness (QED) is 0.864. The van der Waals surface area contributed by atoms with Crippen molar-refractivity contribution < 1.29 is 9.47 Å². The maximum Gasteiger partial charge on any atom is 0.130 e. The highest BCUT2D eigenvalue weighted by atomic mass is 16.5. The third kappa shape index (κ3) is 4.26. The van der Waals surface area contributed by atoms with Crippen LogP contribution in [-0.4, -0.2) is 18.7 Å². The topological polar surface area (TPSA) is 57.4 Å². The normalized spacial score (nSPS) is 10.4. The fraction of sp³-hybridized carbons (Fsp3) is 0.267. The monoisotopic (exact) mass is 258 g/mol. The Hall–Kier alpha value is -2.07. The Morgan fingerprint density at radius 2 is 1.95 bits per heavy atom. The molecule has 1 aromatic heterocycles. The van der Waals surface area contributed by atoms with E-state index in [1.165, 1.54) is 5.56 Å². The van der Waals surface area contributed by atoms with E-state index in [2.05, 4.69) is 4.98 Å². The van der Waals surface area contributed by atoms with Gasteiger partial charge < -0.3 is 15.2 Å². The highest BCUT2D eigenvalue weighted by Crippen LogP contribution is 2.14. The number of nitrogens with zero attached hydrogens (tertiary/aromatic N) is 1. The van der Waals surface area contributed by atoms with E-state index in [0.29, 0.717) is 12.3 Å². The van der Waals surface area contributed by atoms with Crippen LogP contribution in [0.3, 0.4) is 0 Å². The van der Waals surface area contributed by atoms with Crippen LogP contribution in [-0.2, 0) is 17.8 Å². The van der Waals surface area contributed by atoms with E-state index < -0.39 is 0 Å². The molecule has 2 aromatic rings. The fourth-order valence-electron chi connectivity index (χ4n) is 1.71. The second-order valence-electron chi connectivity index (χ2n) is 4.26. The molecule has 0 aliphatic carbocycles. The number of rotatable bonds is 6. The Labute approximate surface area is 113 Å². The molecule has 0 aliphatic heterocycles. The van der Waals surface area contributed by atoms with E-state index in [-0.39, 0.29) is 0 Å². The molecule has 0 saturated carbocycles. The van der Waals surface area contributed by atoms with E-state index in [1.807, 2.05) is 30.3 Å². The summed E-state index contributed by atoms with van der Waals surface area (Å²) >= 11 is 0. The maximum absolute atomic E-state index is 5.69. The summed E-state index contributed by atoms with van der Waals surface area (Å²) in [7, 11) is 1.70. The number of ether oxygens (including phenoxy) is 2. The van der Waals surface area contributed by atoms with E-state index in [9.17, 15) is 0 Å². The van der Waals surface area contributed by atoms with Gasteiger partial charge in [-0.2, -0.15) is 0 Å². The number of benzene rings is 1. The summed E-state index contributed by atoms with van der Waals surface area (Å²) in [4.78, 5) is 4.19. The summed E-state index contributed by atoms with van der Waals surface area (Å²) < 4.78 is 10.7. The first-order valence-corrected chi connectivity index (χ1v) is 6.19. The van der Waals surface area contributed by atoms with Crippen molar-refractivity contribution >= 4 is 5.69 Å². The number of anilines is 1. The molecule has 1 aromatic carbocycles. The molecule has 0 amide bonds. The van der Waals surface area contributed by atoms with Gasteiger partial charge in [-0.3, -0.25) is 4.98 Å². The molecule has 0 bridgehead atoms. The first kappa shape index (κ1) is 13.4. The van der Waals surface area contributed by atoms with Gasteiger partial charge in [-0.25, -0.2) is 0 Å². The van der Waals surface area contributed by atoms with Crippen LogP contribution in [0.5, 0.6) is 5.75 Å². The second kappa shape index (κ2) is 6.75. The van der Waals surface area contributed by atoms with Crippen molar-refractivity contribution in [1.29, 1.82) is 0 Å². The molecule has 1 heterocycles. The molecule has 100 valence electrons. The Balaban J connectivity index is 1.89. The number of pyridine rings is 1. The molecule has 0 radical (unpaired) electrons. The van der Waals surface area contributed by atoms with Crippen molar-refractivity contribution in [2.75, 3.05) is 19.5 Å². The largest absolute Gasteiger partial charge is 0.487 e. The molecule has 2 rings (SSSR count). The lowest BCUT2D eigenvalue weighted by Gasteiger charge is -2.07. The van der Waals surface area contributed by atoms with E-state index in [1.54, 1.807) is 19.4 Å². The lowest BCUT2D eigenvalue weighted by Crippen LogP contribution is -1.99. The predicted molar refractivity (Wildman–Crippen MR) is 75.0 cm³/mol. The number of aromatic nitrogens is 1. The van der Waals surface area contributed by atoms with Crippen molar-refractivity contribution in [2.24, 2.45) is 0 Å². The Bertz CT molecular complexity index is 512. The standard InChI is InChI=1S/C15H18N2O2/c1-18-9-7-12-2-4-15(5-3-12)19-11-14-10-13(16)6-8-17-14/h2-6,8,10H,7,9,11H2,1H3,(H2,16,17). The molecule has 4 heteroatoms. The highest BCUT2D eigenvalue weighted by molar-refractivity contribution is 5.37. The number of hydrogen-bond donors (Lipinski definition) is 1. The molecule has 0 saturated heterocycles. The van der Waals surface area contributed by atoms with Crippen LogP contribution in [0, 0.1) is 0 Å². The van der Waals surface area contributed by atoms with Gasteiger partial charge in [-0.05, 0) is 36.2 Å². The van der Waals surface area contributed by atoms with Gasteiger partial charge in [-0.15, -0.1) is 0 Å². The second-order valence-corrected chi connectivity index (χ2v) is 4.26. The van der Waals surface area contributed by atoms with Gasteiger partial charge in [0, 0.05) is 19.0 Å². The minimum absolute atomic E-state index is 0.419. The molecular formula is C15H18N2O2. The fourth-order valence-corrected chi connectivity index (χ4v) is 1.71. The van der Waals surface area contributed by atoms with E-state index >= 15 is 0 Å². The highest BCUT2D eigenvalue weighted by Gasteiger charge is 1.99. The number of nitrogens with two attached hydrogens (primary N) is 1. The van der Waals surface area contributed by atoms with Crippen LogP contribution in [0.4, 0.5) is 5.69 Å². The first-order chi connectivity index (χ1) is 9.28. The van der Waals surface area contributed by atoms with Crippen LogP contribution < -0.4 is 10.5 Å². The van der Waals surface area contributed by atoms with Crippen molar-refractivity contribution in [2.45, 2.75) is 13.0 Å². The SMILES string of the molecule is COCCc1ccc(OCc2cc(N)ccn2)cc1. The van der Waals surface area contributed by atoms with Crippen molar-refractivity contribution in [1.82, 2.24) is 4.98 Å². The Kier molecular flexibility index (Phi) is 4.75. The van der Waals surface area contributed by atoms with E-state index in [0.717, 1.165) is 24.5 Å². The van der Waals surface area contributed by atoms with Gasteiger partial charge in [-0.1, -0.05) is 12.1 Å². The summed E-state index contributed by atoms with van der Waals surface area (Å²) in [6, 6.07) is 11.6. The number of methoxy groups -OCH3 is 1. The average molecular weight is 258 g/mol. The molecule has 4 nitrogen and oxygen atoms in total. The summed E-state index contributed by atoms with van der Waals surface area (Å²) in [5, 5.41) is 0. The zero-order chi connectivity index (χ0) is 13.5. The summed E-state index contributed by atoms with van der Waals surface area (Å²) in [6.45, 7) is 1.15. The van der Waals surface area contributed by atoms with Crippen LogP contribution in [0.2, 0.25) is 0 Å². The van der Waals surface area contributed by atoms with Gasteiger partial charge in [0.05, 0.1) is 12.3 Å². The molecular weight excluding hydrogens is 240 g/mol. The predicted octanol–water partition coefficient (Wildman–Crippen LogP) is 2.43. The van der Waals surface area contributed by atoms with Gasteiger partial charge in [0.15, 0.2) is 0 Å². The maximum atomic E-state index is 5.69. The van der Waals surface area contributed by atoms with Gasteiger partial charge in [0.25, 0.3) is 0 Å². The summed E-state index contributed by atoms with van der Waals surface area (Å²) in [6.07, 6.45) is 2.59. The van der Waals surface area contributed by atoms with Crippen molar-refractivity contribution in [3.63, 3.8) is 0 Å². The summed E-state index contributed by atoms with van der Waals surface area (Å²) in [5.41, 5.74) is 8.44. The minimum atomic E-state index is 0.419. The van der Waals surface area contributed by atoms with Crippen molar-refractivity contribution in [3.05, 3.63) is 53.9 Å². The van der Waals surface area contributed by atoms with Gasteiger partial charge in [0.1, 0.15) is 12.4 Å². The molecule has 0 unspecified atom stereocenters. The van der Waals surface area contributed by atoms with Gasteiger partial charge in [0.2, 0.25) is 0 Å². The van der Waals surface area contributed by atoms with Crippen LogP contribution >= 0.6 is 0 Å². The molecule has 0 aliphatic rings. The minimum Gasteiger partial charge on any atom is -0.487 e. The third-order valence-corrected chi connectivity index (χ3v) is 2.75. The molecule has 0 atom stereocenters. The van der Waals surface area contributed by atoms with Crippen LogP contribution in [0.1, 0.15) is 11.3 Å². The lowest BCUT2D eigenvalue weighted by molar-refractivity contribution is 0.202. The molecule has 0 spiro atoms. The molecule has 0 fully saturated rings. The lowest BCUT2D eigenvalue weighted by atomic mass is 10.1. The van der Waals surface area contributed by atoms with Crippen LogP contribution in [0.25, 0.3) is 0 Å². The third-order valence-electron chi connectivity index (χ3n) is 2.75. The smallest absolute Gasteiger partial charge is 0.130 e. The van der Waals surface area contributed by atoms with Crippen molar-refractivity contribution in [3.8, 4) is 5.75 Å². The Morgan fingerprint density at radius 3 is 2.63 bits per heavy atom. The van der Waals surface area contributed by atoms with Gasteiger partial charge >= 0.3 is 0 Å². The summed E-state index contributed by atoms with van der Waals surface area (Å²) in [5.74, 6) is 0.824. The number of nitrogen functional groups attached to an aromatic ring is 1. The molecule has 2 N–H and O–H groups in total. The molecule has 19 heavy (non-hydrogen) atoms. The first-order valence-electron chi connectivity index (χ1n) is 6.19. The zero-order valence-corrected chi connectivity index (χ0v) is 11.0. The average Bonchev–Trinajstić information content (AvgIpc) is 2.44. The van der Waals surface area contributed by atoms with Crippen LogP contribution in [0.15, 0.2) is 42.6 Å². The zero-order valence-electron chi connectivity index (χ0n) is 11.0. The van der Waals surface area contributed by atoms with E-state index in [4.69, 9.17) is 15.2 Å².